The molecule has 4 heterocycles. The molecule has 1 saturated carbocycles. The normalized spacial score (nSPS) is 15.9. The van der Waals surface area contributed by atoms with Gasteiger partial charge in [0.25, 0.3) is 5.91 Å². The molecule has 0 bridgehead atoms. The molecule has 2 fully saturated rings. The summed E-state index contributed by atoms with van der Waals surface area (Å²) < 4.78 is 18.9. The summed E-state index contributed by atoms with van der Waals surface area (Å²) >= 11 is 5.08. The van der Waals surface area contributed by atoms with Crippen molar-refractivity contribution in [2.24, 2.45) is 11.8 Å². The van der Waals surface area contributed by atoms with Gasteiger partial charge in [-0.1, -0.05) is 50.6 Å². The summed E-state index contributed by atoms with van der Waals surface area (Å²) in [5, 5.41) is 9.68. The molecule has 3 N–H and O–H groups in total. The lowest BCUT2D eigenvalue weighted by Gasteiger charge is -2.35. The molecule has 1 saturated heterocycles. The largest absolute Gasteiger partial charge is 0.491 e. The summed E-state index contributed by atoms with van der Waals surface area (Å²) in [6.45, 7) is 9.49. The molecular weight excluding hydrogens is 975 g/mol. The number of rotatable bonds is 23. The van der Waals surface area contributed by atoms with E-state index in [0.29, 0.717) is 87.7 Å². The van der Waals surface area contributed by atoms with Crippen LogP contribution in [0.5, 0.6) is 11.5 Å². The molecule has 0 spiro atoms. The highest BCUT2D eigenvalue weighted by molar-refractivity contribution is 9.10. The number of ether oxygens (including phenoxy) is 3. The Hall–Kier alpha value is -6.11. The Morgan fingerprint density at radius 2 is 1.74 bits per heavy atom. The van der Waals surface area contributed by atoms with Gasteiger partial charge in [-0.05, 0) is 108 Å². The topological polar surface area (TPSA) is 180 Å². The number of likely N-dealkylation sites (tertiary alicyclic amines) is 1. The van der Waals surface area contributed by atoms with Crippen LogP contribution in [0.25, 0.3) is 10.4 Å². The average molecular weight is 1040 g/mol. The number of benzene rings is 3. The number of amides is 4. The van der Waals surface area contributed by atoms with Crippen molar-refractivity contribution < 1.29 is 33.4 Å². The molecule has 1 unspecified atom stereocenters. The summed E-state index contributed by atoms with van der Waals surface area (Å²) in [6.07, 6.45) is 6.90. The lowest BCUT2D eigenvalue weighted by Crippen LogP contribution is -2.55. The van der Waals surface area contributed by atoms with Crippen molar-refractivity contribution in [3.63, 3.8) is 0 Å². The van der Waals surface area contributed by atoms with Crippen LogP contribution in [0.1, 0.15) is 79.6 Å². The van der Waals surface area contributed by atoms with Crippen LogP contribution >= 0.6 is 27.3 Å². The van der Waals surface area contributed by atoms with Gasteiger partial charge in [0.1, 0.15) is 42.6 Å². The van der Waals surface area contributed by atoms with Crippen LogP contribution in [-0.4, -0.2) is 118 Å². The van der Waals surface area contributed by atoms with Gasteiger partial charge in [0, 0.05) is 68.7 Å². The zero-order valence-electron chi connectivity index (χ0n) is 40.2. The van der Waals surface area contributed by atoms with Crippen molar-refractivity contribution in [2.75, 3.05) is 63.7 Å². The molecule has 8 rings (SSSR count). The quantitative estimate of drug-likeness (QED) is 0.0535. The van der Waals surface area contributed by atoms with E-state index in [4.69, 9.17) is 14.2 Å². The van der Waals surface area contributed by atoms with Crippen LogP contribution in [0, 0.1) is 18.8 Å². The molecule has 1 aliphatic carbocycles. The third-order valence-electron chi connectivity index (χ3n) is 13.1. The number of carbonyl (C=O) groups is 4. The second kappa shape index (κ2) is 23.7. The van der Waals surface area contributed by atoms with E-state index in [1.54, 1.807) is 33.4 Å². The molecule has 0 radical (unpaired) electrons. The molecule has 2 aromatic heterocycles. The van der Waals surface area contributed by atoms with E-state index in [1.807, 2.05) is 98.9 Å². The molecule has 18 heteroatoms. The zero-order valence-corrected chi connectivity index (χ0v) is 42.7. The number of carbonyl (C=O) groups excluding carboxylic acids is 4. The van der Waals surface area contributed by atoms with Gasteiger partial charge >= 0.3 is 0 Å². The van der Waals surface area contributed by atoms with Crippen molar-refractivity contribution in [3.05, 3.63) is 105 Å². The maximum Gasteiger partial charge on any atom is 0.255 e. The molecule has 4 amide bonds. The number of aryl methyl sites for hydroxylation is 1. The van der Waals surface area contributed by atoms with E-state index in [-0.39, 0.29) is 48.6 Å². The minimum atomic E-state index is -0.678. The molecule has 2 atom stereocenters. The standard InChI is InChI=1S/C52H62BrN9O7S/c1-33(2)45(62-31-38-10-5-6-13-41(38)50(62)65)51(66)61-23-8-14-43(61)48(63)55-29-37-16-15-36(46-34(3)57-32-70-46)28-44(37)69-27-25-67-24-26-68-40-19-17-39(18-20-40)58-52-56-30-42(53)47(59-52)54-21-9-22-60(4)49(64)35-11-7-12-35/h5-6,10,13,15-20,28,30,32-33,35,43,45H,7-9,11-12,14,21-27,29,31H2,1-4H3,(H,55,63)(H2,54,56,58,59)/t43-,45?/m0/s1. The number of thiazole rings is 1. The summed E-state index contributed by atoms with van der Waals surface area (Å²) in [5.41, 5.74) is 6.81. The van der Waals surface area contributed by atoms with Crippen LogP contribution in [-0.2, 0) is 32.2 Å². The monoisotopic (exact) mass is 1040 g/mol. The van der Waals surface area contributed by atoms with Gasteiger partial charge in [0.15, 0.2) is 0 Å². The number of halogens is 1. The third kappa shape index (κ3) is 12.2. The molecule has 5 aromatic rings. The van der Waals surface area contributed by atoms with Crippen molar-refractivity contribution >= 4 is 68.3 Å². The summed E-state index contributed by atoms with van der Waals surface area (Å²) in [7, 11) is 1.88. The van der Waals surface area contributed by atoms with Crippen LogP contribution < -0.4 is 25.4 Å². The molecule has 16 nitrogen and oxygen atoms in total. The van der Waals surface area contributed by atoms with E-state index in [2.05, 4.69) is 46.8 Å². The van der Waals surface area contributed by atoms with Gasteiger partial charge in [0.05, 0.1) is 33.8 Å². The van der Waals surface area contributed by atoms with E-state index < -0.39 is 12.1 Å². The van der Waals surface area contributed by atoms with Crippen molar-refractivity contribution in [2.45, 2.75) is 84.5 Å². The van der Waals surface area contributed by atoms with E-state index >= 15 is 0 Å². The summed E-state index contributed by atoms with van der Waals surface area (Å²) in [6, 6.07) is 19.6. The number of nitrogens with zero attached hydrogens (tertiary/aromatic N) is 6. The van der Waals surface area contributed by atoms with Gasteiger partial charge in [-0.25, -0.2) is 9.97 Å². The minimum absolute atomic E-state index is 0.142. The Balaban J connectivity index is 0.786. The van der Waals surface area contributed by atoms with Crippen LogP contribution in [0.4, 0.5) is 17.5 Å². The van der Waals surface area contributed by atoms with Gasteiger partial charge < -0.3 is 44.9 Å². The summed E-state index contributed by atoms with van der Waals surface area (Å²) in [4.78, 5) is 73.6. The Morgan fingerprint density at radius 3 is 2.47 bits per heavy atom. The second-order valence-electron chi connectivity index (χ2n) is 18.3. The maximum atomic E-state index is 14.2. The predicted molar refractivity (Wildman–Crippen MR) is 273 cm³/mol. The third-order valence-corrected chi connectivity index (χ3v) is 14.6. The number of nitrogens with one attached hydrogen (secondary N) is 3. The van der Waals surface area contributed by atoms with Gasteiger partial charge in [-0.15, -0.1) is 11.3 Å². The highest BCUT2D eigenvalue weighted by Gasteiger charge is 2.44. The van der Waals surface area contributed by atoms with E-state index in [0.717, 1.165) is 63.1 Å². The number of hydrogen-bond donors (Lipinski definition) is 3. The number of aromatic nitrogens is 3. The first-order valence-electron chi connectivity index (χ1n) is 24.2. The fourth-order valence-electron chi connectivity index (χ4n) is 9.05. The zero-order chi connectivity index (χ0) is 49.1. The first kappa shape index (κ1) is 50.3. The Kier molecular flexibility index (Phi) is 17.0. The van der Waals surface area contributed by atoms with Crippen LogP contribution in [0.15, 0.2) is 82.9 Å². The second-order valence-corrected chi connectivity index (χ2v) is 20.0. The minimum Gasteiger partial charge on any atom is -0.491 e. The molecule has 370 valence electrons. The van der Waals surface area contributed by atoms with Crippen LogP contribution in [0.2, 0.25) is 0 Å². The Morgan fingerprint density at radius 1 is 0.957 bits per heavy atom. The molecule has 70 heavy (non-hydrogen) atoms. The average Bonchev–Trinajstić information content (AvgIpc) is 4.09. The van der Waals surface area contributed by atoms with Crippen molar-refractivity contribution in [1.82, 2.24) is 35.0 Å². The smallest absolute Gasteiger partial charge is 0.255 e. The molecular formula is C52H62BrN9O7S. The van der Waals surface area contributed by atoms with E-state index in [1.165, 1.54) is 0 Å². The highest BCUT2D eigenvalue weighted by Crippen LogP contribution is 2.34. The first-order valence-corrected chi connectivity index (χ1v) is 25.8. The van der Waals surface area contributed by atoms with Gasteiger partial charge in [0.2, 0.25) is 23.7 Å². The maximum absolute atomic E-state index is 14.2. The Labute approximate surface area is 422 Å². The lowest BCUT2D eigenvalue weighted by molar-refractivity contribution is -0.143. The number of anilines is 3. The Bertz CT molecular complexity index is 2630. The van der Waals surface area contributed by atoms with Crippen LogP contribution in [0.3, 0.4) is 0 Å². The van der Waals surface area contributed by atoms with Gasteiger partial charge in [-0.2, -0.15) is 4.98 Å². The SMILES string of the molecule is Cc1ncsc1-c1ccc(CNC(=O)[C@@H]2CCCN2C(=O)C(C(C)C)N2Cc3ccccc3C2=O)c(OCCOCCOc2ccc(Nc3ncc(Br)c(NCCCN(C)C(=O)C4CCC4)n3)cc2)c1. The lowest BCUT2D eigenvalue weighted by atomic mass is 9.84. The van der Waals surface area contributed by atoms with Crippen molar-refractivity contribution in [1.29, 1.82) is 0 Å². The molecule has 3 aliphatic rings. The summed E-state index contributed by atoms with van der Waals surface area (Å²) in [5.74, 6) is 2.14. The first-order chi connectivity index (χ1) is 33.9. The fraction of sp³-hybridized carbons (Fsp3) is 0.442. The predicted octanol–water partition coefficient (Wildman–Crippen LogP) is 8.24. The number of hydrogen-bond acceptors (Lipinski definition) is 13. The van der Waals surface area contributed by atoms with Crippen molar-refractivity contribution in [3.8, 4) is 21.9 Å². The van der Waals surface area contributed by atoms with E-state index in [9.17, 15) is 19.2 Å². The number of fused-ring (bicyclic) bond motifs is 1. The van der Waals surface area contributed by atoms with Gasteiger partial charge in [-0.3, -0.25) is 19.2 Å². The molecule has 2 aliphatic heterocycles. The molecule has 3 aromatic carbocycles. The highest BCUT2D eigenvalue weighted by atomic mass is 79.9. The fourth-order valence-corrected chi connectivity index (χ4v) is 10.2.